The third-order valence-corrected chi connectivity index (χ3v) is 5.19. The fraction of sp³-hybridized carbons (Fsp3) is 0.208. The Bertz CT molecular complexity index is 1260. The van der Waals surface area contributed by atoms with Crippen LogP contribution in [0.2, 0.25) is 0 Å². The molecule has 8 nitrogen and oxygen atoms in total. The molecule has 1 unspecified atom stereocenters. The number of anilines is 1. The van der Waals surface area contributed by atoms with Crippen molar-refractivity contribution in [2.75, 3.05) is 19.1 Å². The van der Waals surface area contributed by atoms with Crippen molar-refractivity contribution in [1.82, 2.24) is 0 Å². The number of hydrogen-bond donors (Lipinski definition) is 1. The van der Waals surface area contributed by atoms with E-state index in [0.717, 1.165) is 25.2 Å². The van der Waals surface area contributed by atoms with E-state index >= 15 is 0 Å². The SMILES string of the molecule is COC(=O)C1=C(C(=O)OC)N(c2cc(C)ccc2OC(F)(F)F)C(N)=C(C#N)C1c1ccccc1. The van der Waals surface area contributed by atoms with Gasteiger partial charge in [-0.2, -0.15) is 5.26 Å². The fourth-order valence-corrected chi connectivity index (χ4v) is 3.78. The Kier molecular flexibility index (Phi) is 7.05. The summed E-state index contributed by atoms with van der Waals surface area (Å²) in [6.07, 6.45) is -5.08. The van der Waals surface area contributed by atoms with Gasteiger partial charge in [-0.05, 0) is 30.2 Å². The number of carbonyl (C=O) groups excluding carboxylic acids is 2. The monoisotopic (exact) mass is 487 g/mol. The number of halogens is 3. The van der Waals surface area contributed by atoms with Gasteiger partial charge in [0, 0.05) is 0 Å². The van der Waals surface area contributed by atoms with Crippen LogP contribution in [0.4, 0.5) is 18.9 Å². The van der Waals surface area contributed by atoms with Crippen molar-refractivity contribution < 1.29 is 37.0 Å². The largest absolute Gasteiger partial charge is 0.573 e. The number of esters is 2. The molecule has 1 aliphatic rings. The first kappa shape index (κ1) is 25.2. The Morgan fingerprint density at radius 3 is 2.23 bits per heavy atom. The van der Waals surface area contributed by atoms with Gasteiger partial charge in [-0.1, -0.05) is 36.4 Å². The van der Waals surface area contributed by atoms with Gasteiger partial charge in [0.2, 0.25) is 0 Å². The summed E-state index contributed by atoms with van der Waals surface area (Å²) in [6.45, 7) is 1.59. The first-order valence-corrected chi connectivity index (χ1v) is 10.1. The van der Waals surface area contributed by atoms with Gasteiger partial charge in [0.05, 0.1) is 43.0 Å². The highest BCUT2D eigenvalue weighted by molar-refractivity contribution is 6.06. The van der Waals surface area contributed by atoms with E-state index in [-0.39, 0.29) is 22.7 Å². The maximum Gasteiger partial charge on any atom is 0.573 e. The molecule has 11 heteroatoms. The number of nitrogens with two attached hydrogens (primary N) is 1. The summed E-state index contributed by atoms with van der Waals surface area (Å²) in [5.41, 5.74) is 5.84. The highest BCUT2D eigenvalue weighted by Gasteiger charge is 2.44. The van der Waals surface area contributed by atoms with E-state index < -0.39 is 35.7 Å². The normalized spacial score (nSPS) is 16.0. The molecule has 1 atom stereocenters. The zero-order valence-corrected chi connectivity index (χ0v) is 18.8. The van der Waals surface area contributed by atoms with Crippen molar-refractivity contribution in [3.63, 3.8) is 0 Å². The zero-order chi connectivity index (χ0) is 25.9. The second kappa shape index (κ2) is 9.80. The quantitative estimate of drug-likeness (QED) is 0.634. The number of rotatable bonds is 5. The van der Waals surface area contributed by atoms with E-state index in [1.807, 2.05) is 6.07 Å². The number of nitriles is 1. The zero-order valence-electron chi connectivity index (χ0n) is 18.8. The number of benzene rings is 2. The topological polar surface area (TPSA) is 115 Å². The molecule has 0 amide bonds. The van der Waals surface area contributed by atoms with Crippen LogP contribution < -0.4 is 15.4 Å². The number of aryl methyl sites for hydroxylation is 1. The Labute approximate surface area is 198 Å². The predicted molar refractivity (Wildman–Crippen MR) is 117 cm³/mol. The van der Waals surface area contributed by atoms with Gasteiger partial charge < -0.3 is 19.9 Å². The van der Waals surface area contributed by atoms with Gasteiger partial charge in [0.15, 0.2) is 5.75 Å². The second-order valence-corrected chi connectivity index (χ2v) is 7.35. The number of ether oxygens (including phenoxy) is 3. The molecule has 1 aliphatic heterocycles. The molecule has 0 aliphatic carbocycles. The fourth-order valence-electron chi connectivity index (χ4n) is 3.78. The van der Waals surface area contributed by atoms with Crippen LogP contribution in [0.3, 0.4) is 0 Å². The molecule has 35 heavy (non-hydrogen) atoms. The number of nitrogens with zero attached hydrogens (tertiary/aromatic N) is 2. The third kappa shape index (κ3) is 4.91. The maximum absolute atomic E-state index is 13.2. The molecular formula is C24H20F3N3O5. The first-order valence-electron chi connectivity index (χ1n) is 10.1. The van der Waals surface area contributed by atoms with Crippen molar-refractivity contribution in [3.8, 4) is 11.8 Å². The van der Waals surface area contributed by atoms with Gasteiger partial charge in [-0.25, -0.2) is 9.59 Å². The molecule has 0 saturated heterocycles. The average Bonchev–Trinajstić information content (AvgIpc) is 2.83. The summed E-state index contributed by atoms with van der Waals surface area (Å²) in [6, 6.07) is 13.8. The molecule has 0 aromatic heterocycles. The summed E-state index contributed by atoms with van der Waals surface area (Å²) in [5, 5.41) is 10.0. The molecule has 0 spiro atoms. The van der Waals surface area contributed by atoms with Crippen LogP contribution >= 0.6 is 0 Å². The molecule has 0 fully saturated rings. The number of methoxy groups -OCH3 is 2. The van der Waals surface area contributed by atoms with Crippen LogP contribution in [-0.4, -0.2) is 32.5 Å². The molecule has 2 aromatic rings. The van der Waals surface area contributed by atoms with E-state index in [1.165, 1.54) is 12.1 Å². The predicted octanol–water partition coefficient (Wildman–Crippen LogP) is 3.79. The molecular weight excluding hydrogens is 467 g/mol. The van der Waals surface area contributed by atoms with Crippen LogP contribution in [0.5, 0.6) is 5.75 Å². The minimum absolute atomic E-state index is 0.191. The molecule has 2 N–H and O–H groups in total. The molecule has 0 saturated carbocycles. The minimum atomic E-state index is -5.08. The lowest BCUT2D eigenvalue weighted by atomic mass is 9.81. The first-order chi connectivity index (χ1) is 16.5. The van der Waals surface area contributed by atoms with Crippen LogP contribution in [-0.2, 0) is 19.1 Å². The van der Waals surface area contributed by atoms with Crippen LogP contribution in [0.1, 0.15) is 17.0 Å². The summed E-state index contributed by atoms with van der Waals surface area (Å²) in [5.74, 6) is -4.35. The average molecular weight is 487 g/mol. The van der Waals surface area contributed by atoms with Crippen molar-refractivity contribution in [3.05, 3.63) is 82.3 Å². The van der Waals surface area contributed by atoms with Gasteiger partial charge in [-0.15, -0.1) is 13.2 Å². The highest BCUT2D eigenvalue weighted by atomic mass is 19.4. The second-order valence-electron chi connectivity index (χ2n) is 7.35. The third-order valence-electron chi connectivity index (χ3n) is 5.19. The molecule has 0 radical (unpaired) electrons. The van der Waals surface area contributed by atoms with E-state index in [1.54, 1.807) is 37.3 Å². The lowest BCUT2D eigenvalue weighted by Crippen LogP contribution is -2.41. The smallest absolute Gasteiger partial charge is 0.466 e. The maximum atomic E-state index is 13.2. The van der Waals surface area contributed by atoms with E-state index in [2.05, 4.69) is 4.74 Å². The molecule has 2 aromatic carbocycles. The van der Waals surface area contributed by atoms with E-state index in [9.17, 15) is 28.0 Å². The van der Waals surface area contributed by atoms with Crippen LogP contribution in [0.25, 0.3) is 0 Å². The van der Waals surface area contributed by atoms with Gasteiger partial charge in [-0.3, -0.25) is 4.90 Å². The van der Waals surface area contributed by atoms with Crippen LogP contribution in [0.15, 0.2) is 71.2 Å². The standard InChI is InChI=1S/C24H20F3N3O5/c1-13-9-10-17(35-24(25,26)27)16(11-13)30-20(23(32)34-3)19(22(31)33-2)18(15(12-28)21(30)29)14-7-5-4-6-8-14/h4-11,18H,29H2,1-3H3. The van der Waals surface area contributed by atoms with E-state index in [0.29, 0.717) is 11.1 Å². The van der Waals surface area contributed by atoms with Gasteiger partial charge in [0.25, 0.3) is 0 Å². The number of allylic oxidation sites excluding steroid dienone is 1. The van der Waals surface area contributed by atoms with Crippen molar-refractivity contribution >= 4 is 17.6 Å². The number of carbonyl (C=O) groups is 2. The van der Waals surface area contributed by atoms with Crippen molar-refractivity contribution in [2.45, 2.75) is 19.2 Å². The molecule has 0 bridgehead atoms. The van der Waals surface area contributed by atoms with Crippen LogP contribution in [0, 0.1) is 18.3 Å². The number of hydrogen-bond acceptors (Lipinski definition) is 8. The van der Waals surface area contributed by atoms with Crippen molar-refractivity contribution in [2.24, 2.45) is 5.73 Å². The Morgan fingerprint density at radius 1 is 1.06 bits per heavy atom. The lowest BCUT2D eigenvalue weighted by Gasteiger charge is -2.36. The molecule has 182 valence electrons. The van der Waals surface area contributed by atoms with Gasteiger partial charge in [0.1, 0.15) is 11.5 Å². The molecule has 1 heterocycles. The Morgan fingerprint density at radius 2 is 1.69 bits per heavy atom. The molecule has 3 rings (SSSR count). The summed E-state index contributed by atoms with van der Waals surface area (Å²) >= 11 is 0. The van der Waals surface area contributed by atoms with Gasteiger partial charge >= 0.3 is 18.3 Å². The highest BCUT2D eigenvalue weighted by Crippen LogP contribution is 2.46. The van der Waals surface area contributed by atoms with Crippen molar-refractivity contribution in [1.29, 1.82) is 5.26 Å². The Hall–Kier alpha value is -4.46. The summed E-state index contributed by atoms with van der Waals surface area (Å²) in [7, 11) is 2.10. The summed E-state index contributed by atoms with van der Waals surface area (Å²) < 4.78 is 53.5. The Balaban J connectivity index is 2.45. The minimum Gasteiger partial charge on any atom is -0.466 e. The number of alkyl halides is 3. The summed E-state index contributed by atoms with van der Waals surface area (Å²) in [4.78, 5) is 26.9. The van der Waals surface area contributed by atoms with E-state index in [4.69, 9.17) is 15.2 Å². The lowest BCUT2D eigenvalue weighted by molar-refractivity contribution is -0.274.